The Bertz CT molecular complexity index is 1150. The molecule has 0 fully saturated rings. The SMILES string of the molecule is C=CC(=O)Nc1ccc2cc(-c3nc4ccccc4[nH]3)c(=O)oc2c1. The van der Waals surface area contributed by atoms with E-state index in [2.05, 4.69) is 21.9 Å². The Morgan fingerprint density at radius 2 is 2.04 bits per heavy atom. The van der Waals surface area contributed by atoms with Crippen molar-refractivity contribution in [1.29, 1.82) is 0 Å². The van der Waals surface area contributed by atoms with Crippen molar-refractivity contribution in [2.45, 2.75) is 0 Å². The van der Waals surface area contributed by atoms with Crippen LogP contribution in [0.3, 0.4) is 0 Å². The van der Waals surface area contributed by atoms with Gasteiger partial charge < -0.3 is 14.7 Å². The van der Waals surface area contributed by atoms with Gasteiger partial charge in [-0.1, -0.05) is 18.7 Å². The number of H-pyrrole nitrogens is 1. The Morgan fingerprint density at radius 1 is 1.20 bits per heavy atom. The van der Waals surface area contributed by atoms with Crippen molar-refractivity contribution in [3.63, 3.8) is 0 Å². The molecule has 0 saturated carbocycles. The van der Waals surface area contributed by atoms with E-state index in [1.165, 1.54) is 6.08 Å². The first-order valence-electron chi connectivity index (χ1n) is 7.60. The summed E-state index contributed by atoms with van der Waals surface area (Å²) in [6.07, 6.45) is 1.17. The molecule has 2 aromatic carbocycles. The summed E-state index contributed by atoms with van der Waals surface area (Å²) in [5.74, 6) is 0.126. The van der Waals surface area contributed by atoms with E-state index >= 15 is 0 Å². The van der Waals surface area contributed by atoms with Gasteiger partial charge in [-0.05, 0) is 36.4 Å². The minimum absolute atomic E-state index is 0.333. The molecule has 0 atom stereocenters. The molecule has 122 valence electrons. The van der Waals surface area contributed by atoms with Crippen LogP contribution in [0.5, 0.6) is 0 Å². The van der Waals surface area contributed by atoms with Gasteiger partial charge in [0.2, 0.25) is 5.91 Å². The zero-order chi connectivity index (χ0) is 17.4. The molecule has 1 amide bonds. The molecular formula is C19H13N3O3. The van der Waals surface area contributed by atoms with E-state index in [1.54, 1.807) is 24.3 Å². The number of aromatic amines is 1. The number of benzene rings is 2. The van der Waals surface area contributed by atoms with Crippen molar-refractivity contribution in [2.75, 3.05) is 5.32 Å². The fourth-order valence-corrected chi connectivity index (χ4v) is 2.63. The van der Waals surface area contributed by atoms with Gasteiger partial charge in [-0.2, -0.15) is 0 Å². The third-order valence-corrected chi connectivity index (χ3v) is 3.83. The lowest BCUT2D eigenvalue weighted by Gasteiger charge is -2.04. The highest BCUT2D eigenvalue weighted by Gasteiger charge is 2.12. The van der Waals surface area contributed by atoms with Crippen molar-refractivity contribution in [3.8, 4) is 11.4 Å². The third-order valence-electron chi connectivity index (χ3n) is 3.83. The van der Waals surface area contributed by atoms with Crippen LogP contribution in [0.2, 0.25) is 0 Å². The molecule has 6 nitrogen and oxygen atoms in total. The number of carbonyl (C=O) groups excluding carboxylic acids is 1. The van der Waals surface area contributed by atoms with Gasteiger partial charge in [0, 0.05) is 17.1 Å². The average Bonchev–Trinajstić information content (AvgIpc) is 3.04. The summed E-state index contributed by atoms with van der Waals surface area (Å²) in [7, 11) is 0. The molecule has 0 bridgehead atoms. The van der Waals surface area contributed by atoms with Gasteiger partial charge in [-0.3, -0.25) is 4.79 Å². The van der Waals surface area contributed by atoms with Crippen LogP contribution in [0.25, 0.3) is 33.4 Å². The van der Waals surface area contributed by atoms with Gasteiger partial charge in [0.25, 0.3) is 0 Å². The lowest BCUT2D eigenvalue weighted by Crippen LogP contribution is -2.07. The number of nitrogens with one attached hydrogen (secondary N) is 2. The number of nitrogens with zero attached hydrogens (tertiary/aromatic N) is 1. The predicted octanol–water partition coefficient (Wildman–Crippen LogP) is 3.46. The van der Waals surface area contributed by atoms with Crippen LogP contribution < -0.4 is 10.9 Å². The second-order valence-electron chi connectivity index (χ2n) is 5.50. The largest absolute Gasteiger partial charge is 0.422 e. The fraction of sp³-hybridized carbons (Fsp3) is 0. The number of para-hydroxylation sites is 2. The smallest absolute Gasteiger partial charge is 0.347 e. The maximum Gasteiger partial charge on any atom is 0.347 e. The van der Waals surface area contributed by atoms with Crippen LogP contribution in [0.1, 0.15) is 0 Å². The number of aromatic nitrogens is 2. The summed E-state index contributed by atoms with van der Waals surface area (Å²) in [6.45, 7) is 3.40. The van der Waals surface area contributed by atoms with Crippen molar-refractivity contribution in [3.05, 3.63) is 71.6 Å². The Balaban J connectivity index is 1.81. The highest BCUT2D eigenvalue weighted by molar-refractivity contribution is 6.00. The van der Waals surface area contributed by atoms with Gasteiger partial charge in [-0.25, -0.2) is 9.78 Å². The number of fused-ring (bicyclic) bond motifs is 2. The third kappa shape index (κ3) is 2.70. The summed E-state index contributed by atoms with van der Waals surface area (Å²) in [6, 6.07) is 14.4. The van der Waals surface area contributed by atoms with Crippen LogP contribution >= 0.6 is 0 Å². The quantitative estimate of drug-likeness (QED) is 0.444. The molecule has 2 N–H and O–H groups in total. The molecule has 0 aliphatic carbocycles. The summed E-state index contributed by atoms with van der Waals surface area (Å²) in [5, 5.41) is 3.36. The number of hydrogen-bond donors (Lipinski definition) is 2. The number of anilines is 1. The molecule has 6 heteroatoms. The van der Waals surface area contributed by atoms with Crippen LogP contribution in [-0.4, -0.2) is 15.9 Å². The van der Waals surface area contributed by atoms with Crippen LogP contribution in [-0.2, 0) is 4.79 Å². The predicted molar refractivity (Wildman–Crippen MR) is 96.4 cm³/mol. The Kier molecular flexibility index (Phi) is 3.43. The molecule has 0 radical (unpaired) electrons. The molecule has 0 aliphatic heterocycles. The number of amides is 1. The zero-order valence-corrected chi connectivity index (χ0v) is 13.1. The van der Waals surface area contributed by atoms with Gasteiger partial charge in [-0.15, -0.1) is 0 Å². The first-order chi connectivity index (χ1) is 12.1. The first-order valence-corrected chi connectivity index (χ1v) is 7.60. The number of imidazole rings is 1. The summed E-state index contributed by atoms with van der Waals surface area (Å²) >= 11 is 0. The molecule has 25 heavy (non-hydrogen) atoms. The minimum atomic E-state index is -0.501. The zero-order valence-electron chi connectivity index (χ0n) is 13.1. The van der Waals surface area contributed by atoms with E-state index in [0.717, 1.165) is 16.4 Å². The normalized spacial score (nSPS) is 10.9. The highest BCUT2D eigenvalue weighted by Crippen LogP contribution is 2.23. The second-order valence-corrected chi connectivity index (χ2v) is 5.50. The molecule has 2 aromatic heterocycles. The van der Waals surface area contributed by atoms with E-state index < -0.39 is 5.63 Å². The number of carbonyl (C=O) groups is 1. The Morgan fingerprint density at radius 3 is 2.84 bits per heavy atom. The minimum Gasteiger partial charge on any atom is -0.422 e. The van der Waals surface area contributed by atoms with E-state index in [0.29, 0.717) is 22.7 Å². The van der Waals surface area contributed by atoms with Crippen molar-refractivity contribution in [2.24, 2.45) is 0 Å². The lowest BCUT2D eigenvalue weighted by atomic mass is 10.1. The van der Waals surface area contributed by atoms with Gasteiger partial charge in [0.15, 0.2) is 0 Å². The Hall–Kier alpha value is -3.67. The molecule has 0 aliphatic rings. The van der Waals surface area contributed by atoms with Gasteiger partial charge >= 0.3 is 5.63 Å². The van der Waals surface area contributed by atoms with E-state index in [1.807, 2.05) is 24.3 Å². The second kappa shape index (κ2) is 5.76. The lowest BCUT2D eigenvalue weighted by molar-refractivity contribution is -0.111. The maximum atomic E-state index is 12.4. The standard InChI is InChI=1S/C19H13N3O3/c1-2-17(23)20-12-8-7-11-9-13(19(24)25-16(11)10-12)18-21-14-5-3-4-6-15(14)22-18/h2-10H,1H2,(H,20,23)(H,21,22). The van der Waals surface area contributed by atoms with Gasteiger partial charge in [0.05, 0.1) is 11.0 Å². The maximum absolute atomic E-state index is 12.4. The number of hydrogen-bond acceptors (Lipinski definition) is 4. The van der Waals surface area contributed by atoms with Crippen LogP contribution in [0.15, 0.2) is 70.4 Å². The molecule has 4 aromatic rings. The van der Waals surface area contributed by atoms with E-state index in [-0.39, 0.29) is 5.91 Å². The molecule has 0 unspecified atom stereocenters. The van der Waals surface area contributed by atoms with E-state index in [4.69, 9.17) is 4.42 Å². The van der Waals surface area contributed by atoms with Crippen molar-refractivity contribution >= 4 is 33.6 Å². The molecule has 0 saturated heterocycles. The Labute approximate surface area is 141 Å². The number of rotatable bonds is 3. The van der Waals surface area contributed by atoms with Crippen molar-refractivity contribution in [1.82, 2.24) is 9.97 Å². The van der Waals surface area contributed by atoms with Crippen LogP contribution in [0.4, 0.5) is 5.69 Å². The van der Waals surface area contributed by atoms with Crippen LogP contribution in [0, 0.1) is 0 Å². The molecule has 0 spiro atoms. The first kappa shape index (κ1) is 14.9. The monoisotopic (exact) mass is 331 g/mol. The summed E-state index contributed by atoms with van der Waals surface area (Å²) in [5.41, 5.74) is 2.38. The van der Waals surface area contributed by atoms with Crippen molar-refractivity contribution < 1.29 is 9.21 Å². The molecule has 2 heterocycles. The summed E-state index contributed by atoms with van der Waals surface area (Å²) in [4.78, 5) is 31.3. The highest BCUT2D eigenvalue weighted by atomic mass is 16.4. The molecular weight excluding hydrogens is 318 g/mol. The molecule has 4 rings (SSSR count). The average molecular weight is 331 g/mol. The van der Waals surface area contributed by atoms with E-state index in [9.17, 15) is 9.59 Å². The summed E-state index contributed by atoms with van der Waals surface area (Å²) < 4.78 is 5.41. The van der Waals surface area contributed by atoms with Gasteiger partial charge in [0.1, 0.15) is 17.0 Å². The topological polar surface area (TPSA) is 88.0 Å². The fourth-order valence-electron chi connectivity index (χ4n) is 2.63.